The Morgan fingerprint density at radius 3 is 1.98 bits per heavy atom. The molecule has 6 aromatic rings. The summed E-state index contributed by atoms with van der Waals surface area (Å²) in [5.41, 5.74) is 3.63. The monoisotopic (exact) mass is 1260 g/mol. The Bertz CT molecular complexity index is 3280. The fourth-order valence-electron chi connectivity index (χ4n) is 9.48. The van der Waals surface area contributed by atoms with Crippen molar-refractivity contribution >= 4 is 107 Å². The maximum atomic E-state index is 14.1. The van der Waals surface area contributed by atoms with Crippen LogP contribution in [0.4, 0.5) is 35.8 Å². The minimum atomic E-state index is -1.13. The van der Waals surface area contributed by atoms with Gasteiger partial charge in [0.2, 0.25) is 32.3 Å². The van der Waals surface area contributed by atoms with E-state index in [0.717, 1.165) is 40.4 Å². The first kappa shape index (κ1) is 64.2. The van der Waals surface area contributed by atoms with Crippen molar-refractivity contribution in [1.82, 2.24) is 46.1 Å². The zero-order valence-corrected chi connectivity index (χ0v) is 51.2. The number of rotatable bonds is 31. The highest BCUT2D eigenvalue weighted by atomic mass is 32.2. The second kappa shape index (κ2) is 32.7. The van der Waals surface area contributed by atoms with E-state index in [0.29, 0.717) is 84.7 Å². The van der Waals surface area contributed by atoms with Gasteiger partial charge in [-0.25, -0.2) is 9.59 Å². The van der Waals surface area contributed by atoms with Crippen LogP contribution in [0.3, 0.4) is 0 Å². The second-order valence-corrected chi connectivity index (χ2v) is 25.1. The van der Waals surface area contributed by atoms with Crippen molar-refractivity contribution in [3.8, 4) is 0 Å². The van der Waals surface area contributed by atoms with Crippen molar-refractivity contribution < 1.29 is 48.7 Å². The van der Waals surface area contributed by atoms with E-state index >= 15 is 0 Å². The van der Waals surface area contributed by atoms with E-state index in [9.17, 15) is 34.5 Å². The molecule has 9 N–H and O–H groups in total. The number of ether oxygens (including phenoxy) is 3. The molecule has 24 nitrogen and oxygen atoms in total. The second-order valence-electron chi connectivity index (χ2n) is 19.8. The highest BCUT2D eigenvalue weighted by Gasteiger charge is 2.37. The lowest BCUT2D eigenvalue weighted by atomic mass is 9.72. The number of nitrogens with one attached hydrogen (secondary N) is 6. The van der Waals surface area contributed by atoms with E-state index in [1.54, 1.807) is 55.3 Å². The number of aliphatic hydroxyl groups is 3. The number of carbonyl (C=O) groups excluding carboxylic acids is 4. The van der Waals surface area contributed by atoms with Gasteiger partial charge >= 0.3 is 12.1 Å². The van der Waals surface area contributed by atoms with Crippen molar-refractivity contribution in [3.05, 3.63) is 133 Å². The van der Waals surface area contributed by atoms with Crippen LogP contribution < -0.4 is 31.9 Å². The quantitative estimate of drug-likeness (QED) is 0.0146. The SMILES string of the molecule is COCOCC1=CC=CC(NC(=O)Nc2nnc(C(CSCCc3nnc(NC(=O)Nc4cccc(C(O)OC)c4)s3)C3=CC=CC(C(CO)C(=O)Nc4nnc(CCCCCc5nnc(NC(=O)C(CO)c6ccccc6)s5)s4)C3C)s2)C1C. The first-order chi connectivity index (χ1) is 41.3. The fourth-order valence-corrected chi connectivity index (χ4v) is 14.0. The molecule has 0 bridgehead atoms. The number of methoxy groups -OCH3 is 2. The molecule has 2 aromatic carbocycles. The summed E-state index contributed by atoms with van der Waals surface area (Å²) in [6.45, 7) is 3.81. The van der Waals surface area contributed by atoms with Crippen LogP contribution in [0.15, 0.2) is 102 Å². The van der Waals surface area contributed by atoms with Gasteiger partial charge in [-0.15, -0.1) is 40.8 Å². The molecule has 0 saturated carbocycles. The largest absolute Gasteiger partial charge is 0.396 e. The number of aliphatic hydroxyl groups excluding tert-OH is 3. The summed E-state index contributed by atoms with van der Waals surface area (Å²) < 4.78 is 15.6. The van der Waals surface area contributed by atoms with E-state index in [4.69, 9.17) is 14.2 Å². The van der Waals surface area contributed by atoms with Crippen LogP contribution in [0.2, 0.25) is 0 Å². The lowest BCUT2D eigenvalue weighted by Gasteiger charge is -2.34. The van der Waals surface area contributed by atoms with Crippen LogP contribution in [0, 0.1) is 23.7 Å². The fraction of sp³-hybridized carbons (Fsp3) is 0.429. The number of hydrogen-bond donors (Lipinski definition) is 9. The Morgan fingerprint density at radius 2 is 1.29 bits per heavy atom. The topological polar surface area (TPSA) is 332 Å². The average molecular weight is 1260 g/mol. The third-order valence-electron chi connectivity index (χ3n) is 14.1. The van der Waals surface area contributed by atoms with Crippen molar-refractivity contribution in [2.75, 3.05) is 78.9 Å². The predicted molar refractivity (Wildman–Crippen MR) is 330 cm³/mol. The van der Waals surface area contributed by atoms with Crippen LogP contribution in [0.5, 0.6) is 0 Å². The molecule has 0 aliphatic heterocycles. The molecule has 8 unspecified atom stereocenters. The summed E-state index contributed by atoms with van der Waals surface area (Å²) in [5.74, 6) is -2.13. The van der Waals surface area contributed by atoms with Crippen LogP contribution in [0.25, 0.3) is 0 Å². The van der Waals surface area contributed by atoms with Gasteiger partial charge in [-0.3, -0.25) is 25.5 Å². The number of unbranched alkanes of at least 4 members (excludes halogenated alkanes) is 2. The first-order valence-corrected chi connectivity index (χ1v) is 31.8. The van der Waals surface area contributed by atoms with Crippen LogP contribution in [-0.4, -0.2) is 138 Å². The van der Waals surface area contributed by atoms with Crippen molar-refractivity contribution in [2.45, 2.75) is 76.5 Å². The number of thioether (sulfide) groups is 1. The number of urea groups is 2. The summed E-state index contributed by atoms with van der Waals surface area (Å²) in [7, 11) is 2.94. The van der Waals surface area contributed by atoms with E-state index in [-0.39, 0.29) is 43.1 Å². The molecular weight excluding hydrogens is 1190 g/mol. The zero-order chi connectivity index (χ0) is 60.1. The van der Waals surface area contributed by atoms with Gasteiger partial charge in [-0.05, 0) is 53.7 Å². The molecule has 8 atom stereocenters. The van der Waals surface area contributed by atoms with Crippen LogP contribution in [0.1, 0.15) is 82.4 Å². The van der Waals surface area contributed by atoms with Crippen molar-refractivity contribution in [2.24, 2.45) is 23.7 Å². The summed E-state index contributed by atoms with van der Waals surface area (Å²) in [6, 6.07) is 14.5. The third kappa shape index (κ3) is 18.6. The summed E-state index contributed by atoms with van der Waals surface area (Å²) >= 11 is 6.76. The zero-order valence-electron chi connectivity index (χ0n) is 47.1. The summed E-state index contributed by atoms with van der Waals surface area (Å²) in [6.07, 6.45) is 14.9. The molecule has 8 rings (SSSR count). The number of carbonyl (C=O) groups is 4. The lowest BCUT2D eigenvalue weighted by Crippen LogP contribution is -2.42. The molecule has 2 aliphatic rings. The number of nitrogens with zero attached hydrogens (tertiary/aromatic N) is 8. The maximum Gasteiger partial charge on any atom is 0.325 e. The first-order valence-electron chi connectivity index (χ1n) is 27.4. The minimum Gasteiger partial charge on any atom is -0.396 e. The van der Waals surface area contributed by atoms with Gasteiger partial charge in [0, 0.05) is 62.3 Å². The van der Waals surface area contributed by atoms with Gasteiger partial charge in [0.05, 0.1) is 37.7 Å². The number of hydrogen-bond acceptors (Lipinski definition) is 23. The van der Waals surface area contributed by atoms with E-state index in [2.05, 4.69) is 72.7 Å². The standard InChI is InChI=1S/C56H68N14O10S5/c1-32-36(29-80-31-78-3)17-12-21-43(32)58-52(77)62-56-70-66-49(85-56)42(30-81-25-24-46-65-69-55(84-46)61-51(76)57-37-18-11-16-35(26-37)50(75)79-4)39-20-13-19-38(33(39)2)41(28-72)48(74)60-54-68-64-45(83-54)23-10-6-9-22-44-63-67-53(82-44)59-47(73)40(27-71)34-14-7-5-8-15-34/h5,7-8,11-21,26,32-33,38,40-43,50,71-72,75H,6,9-10,22-25,27-31H2,1-4H3,(H,59,67,73)(H,60,68,74)(H2,57,61,69,76)(H2,58,62,70,77). The minimum absolute atomic E-state index is 0.0377. The molecule has 0 spiro atoms. The van der Waals surface area contributed by atoms with Gasteiger partial charge < -0.3 is 45.5 Å². The number of benzene rings is 2. The molecule has 0 radical (unpaired) electrons. The van der Waals surface area contributed by atoms with Gasteiger partial charge in [-0.1, -0.05) is 150 Å². The molecule has 6 amide bonds. The van der Waals surface area contributed by atoms with Gasteiger partial charge in [0.15, 0.2) is 6.29 Å². The maximum absolute atomic E-state index is 14.1. The Balaban J connectivity index is 0.851. The molecule has 4 heterocycles. The summed E-state index contributed by atoms with van der Waals surface area (Å²) in [5, 5.41) is 86.5. The van der Waals surface area contributed by atoms with E-state index in [1.807, 2.05) is 68.5 Å². The van der Waals surface area contributed by atoms with Crippen LogP contribution >= 0.6 is 57.1 Å². The normalized spacial score (nSPS) is 17.9. The highest BCUT2D eigenvalue weighted by Crippen LogP contribution is 2.43. The molecule has 0 saturated heterocycles. The average Bonchev–Trinajstić information content (AvgIpc) is 4.51. The Labute approximate surface area is 511 Å². The molecule has 0 fully saturated rings. The number of aryl methyl sites for hydroxylation is 3. The number of allylic oxidation sites excluding steroid dienone is 6. The van der Waals surface area contributed by atoms with Crippen LogP contribution in [-0.2, 0) is 43.1 Å². The van der Waals surface area contributed by atoms with Gasteiger partial charge in [-0.2, -0.15) is 11.8 Å². The smallest absolute Gasteiger partial charge is 0.325 e. The Morgan fingerprint density at radius 1 is 0.659 bits per heavy atom. The third-order valence-corrected chi connectivity index (χ3v) is 18.8. The number of amides is 6. The molecular formula is C56H68N14O10S5. The molecule has 4 aromatic heterocycles. The van der Waals surface area contributed by atoms with Gasteiger partial charge in [0.1, 0.15) is 26.8 Å². The molecule has 2 aliphatic carbocycles. The molecule has 29 heteroatoms. The summed E-state index contributed by atoms with van der Waals surface area (Å²) in [4.78, 5) is 53.2. The lowest BCUT2D eigenvalue weighted by molar-refractivity contribution is -0.122. The molecule has 452 valence electrons. The highest BCUT2D eigenvalue weighted by molar-refractivity contribution is 7.99. The molecule has 85 heavy (non-hydrogen) atoms. The number of aromatic nitrogens is 8. The van der Waals surface area contributed by atoms with Gasteiger partial charge in [0.25, 0.3) is 0 Å². The van der Waals surface area contributed by atoms with Crippen molar-refractivity contribution in [3.63, 3.8) is 0 Å². The number of anilines is 5. The predicted octanol–water partition coefficient (Wildman–Crippen LogP) is 8.34. The van der Waals surface area contributed by atoms with Crippen molar-refractivity contribution in [1.29, 1.82) is 0 Å². The van der Waals surface area contributed by atoms with E-state index in [1.165, 1.54) is 52.5 Å². The van der Waals surface area contributed by atoms with E-state index < -0.39 is 48.6 Å². The Kier molecular flexibility index (Phi) is 24.7. The Hall–Kier alpha value is -6.77.